The van der Waals surface area contributed by atoms with E-state index in [-0.39, 0.29) is 5.91 Å². The van der Waals surface area contributed by atoms with E-state index in [4.69, 9.17) is 0 Å². The zero-order valence-electron chi connectivity index (χ0n) is 13.5. The lowest BCUT2D eigenvalue weighted by molar-refractivity contribution is 0.0673. The molecule has 4 rings (SSSR count). The predicted molar refractivity (Wildman–Crippen MR) is 92.7 cm³/mol. The van der Waals surface area contributed by atoms with Gasteiger partial charge in [0.25, 0.3) is 5.91 Å². The normalized spacial score (nSPS) is 18.0. The number of carbonyl (C=O) groups excluding carboxylic acids is 1. The molecule has 5 nitrogen and oxygen atoms in total. The summed E-state index contributed by atoms with van der Waals surface area (Å²) >= 11 is 0. The van der Waals surface area contributed by atoms with Gasteiger partial charge >= 0.3 is 0 Å². The maximum Gasteiger partial charge on any atom is 0.253 e. The molecule has 0 unspecified atom stereocenters. The molecule has 0 saturated carbocycles. The largest absolute Gasteiger partial charge is 0.338 e. The number of amides is 1. The van der Waals surface area contributed by atoms with E-state index >= 15 is 0 Å². The van der Waals surface area contributed by atoms with Crippen LogP contribution in [0.1, 0.15) is 28.9 Å². The van der Waals surface area contributed by atoms with Crippen molar-refractivity contribution < 1.29 is 4.79 Å². The molecule has 1 amide bonds. The lowest BCUT2D eigenvalue weighted by Crippen LogP contribution is -2.40. The second kappa shape index (κ2) is 6.43. The van der Waals surface area contributed by atoms with Crippen molar-refractivity contribution in [3.8, 4) is 0 Å². The van der Waals surface area contributed by atoms with Gasteiger partial charge < -0.3 is 4.90 Å². The number of carbonyl (C=O) groups is 1. The van der Waals surface area contributed by atoms with Crippen LogP contribution in [-0.2, 0) is 6.42 Å². The molecule has 1 atom stereocenters. The monoisotopic (exact) mass is 320 g/mol. The fraction of sp³-hybridized carbons (Fsp3) is 0.316. The van der Waals surface area contributed by atoms with Crippen LogP contribution in [0.2, 0.25) is 0 Å². The third kappa shape index (κ3) is 3.02. The summed E-state index contributed by atoms with van der Waals surface area (Å²) in [7, 11) is 0. The Labute approximate surface area is 140 Å². The van der Waals surface area contributed by atoms with E-state index in [1.54, 1.807) is 12.4 Å². The van der Waals surface area contributed by atoms with Gasteiger partial charge in [-0.1, -0.05) is 6.07 Å². The molecule has 0 spiro atoms. The van der Waals surface area contributed by atoms with Crippen LogP contribution < -0.4 is 0 Å². The van der Waals surface area contributed by atoms with Gasteiger partial charge in [0.05, 0.1) is 5.52 Å². The maximum absolute atomic E-state index is 12.9. The first kappa shape index (κ1) is 14.9. The van der Waals surface area contributed by atoms with Crippen molar-refractivity contribution in [3.63, 3.8) is 0 Å². The SMILES string of the molecule is O=C(c1ccc2ncccc2c1)N1CCC[C@H](Cc2ccn[nH]2)C1. The number of pyridine rings is 1. The second-order valence-corrected chi connectivity index (χ2v) is 6.46. The Balaban J connectivity index is 1.50. The zero-order valence-corrected chi connectivity index (χ0v) is 13.5. The predicted octanol–water partition coefficient (Wildman–Crippen LogP) is 3.05. The molecule has 5 heteroatoms. The van der Waals surface area contributed by atoms with Crippen LogP contribution in [0.15, 0.2) is 48.8 Å². The molecular weight excluding hydrogens is 300 g/mol. The maximum atomic E-state index is 12.9. The number of fused-ring (bicyclic) bond motifs is 1. The third-order valence-electron chi connectivity index (χ3n) is 4.72. The van der Waals surface area contributed by atoms with E-state index in [1.807, 2.05) is 41.3 Å². The third-order valence-corrected chi connectivity index (χ3v) is 4.72. The molecular formula is C19H20N4O. The van der Waals surface area contributed by atoms with Crippen molar-refractivity contribution in [2.75, 3.05) is 13.1 Å². The smallest absolute Gasteiger partial charge is 0.253 e. The fourth-order valence-corrected chi connectivity index (χ4v) is 3.52. The number of aromatic nitrogens is 3. The molecule has 0 radical (unpaired) electrons. The van der Waals surface area contributed by atoms with Crippen molar-refractivity contribution in [2.24, 2.45) is 5.92 Å². The van der Waals surface area contributed by atoms with Gasteiger partial charge in [0.1, 0.15) is 0 Å². The molecule has 1 aliphatic rings. The highest BCUT2D eigenvalue weighted by Crippen LogP contribution is 2.22. The van der Waals surface area contributed by atoms with Crippen LogP contribution in [-0.4, -0.2) is 39.1 Å². The van der Waals surface area contributed by atoms with Gasteiger partial charge in [-0.05, 0) is 55.5 Å². The van der Waals surface area contributed by atoms with Crippen LogP contribution in [0.25, 0.3) is 10.9 Å². The molecule has 3 heterocycles. The number of piperidine rings is 1. The molecule has 122 valence electrons. The lowest BCUT2D eigenvalue weighted by atomic mass is 9.93. The van der Waals surface area contributed by atoms with Crippen molar-refractivity contribution in [3.05, 3.63) is 60.0 Å². The summed E-state index contributed by atoms with van der Waals surface area (Å²) in [5.74, 6) is 0.611. The van der Waals surface area contributed by atoms with Crippen LogP contribution in [0.5, 0.6) is 0 Å². The highest BCUT2D eigenvalue weighted by atomic mass is 16.2. The van der Waals surface area contributed by atoms with E-state index in [2.05, 4.69) is 15.2 Å². The number of aromatic amines is 1. The highest BCUT2D eigenvalue weighted by molar-refractivity contribution is 5.98. The first-order valence-corrected chi connectivity index (χ1v) is 8.42. The Hall–Kier alpha value is -2.69. The first-order chi connectivity index (χ1) is 11.8. The Kier molecular flexibility index (Phi) is 3.99. The zero-order chi connectivity index (χ0) is 16.4. The Bertz CT molecular complexity index is 843. The molecule has 1 N–H and O–H groups in total. The summed E-state index contributed by atoms with van der Waals surface area (Å²) in [5, 5.41) is 8.04. The van der Waals surface area contributed by atoms with Crippen molar-refractivity contribution in [1.82, 2.24) is 20.1 Å². The minimum absolute atomic E-state index is 0.120. The number of H-pyrrole nitrogens is 1. The van der Waals surface area contributed by atoms with E-state index in [0.717, 1.165) is 54.5 Å². The summed E-state index contributed by atoms with van der Waals surface area (Å²) in [5.41, 5.74) is 2.81. The molecule has 2 aromatic heterocycles. The van der Waals surface area contributed by atoms with Gasteiger partial charge in [-0.25, -0.2) is 0 Å². The summed E-state index contributed by atoms with van der Waals surface area (Å²) in [4.78, 5) is 19.2. The molecule has 1 fully saturated rings. The Morgan fingerprint density at radius 2 is 2.21 bits per heavy atom. The van der Waals surface area contributed by atoms with Crippen molar-refractivity contribution >= 4 is 16.8 Å². The minimum Gasteiger partial charge on any atom is -0.338 e. The average molecular weight is 320 g/mol. The number of nitrogens with one attached hydrogen (secondary N) is 1. The average Bonchev–Trinajstić information content (AvgIpc) is 3.14. The van der Waals surface area contributed by atoms with Crippen LogP contribution in [0, 0.1) is 5.92 Å². The van der Waals surface area contributed by atoms with Gasteiger partial charge in [-0.15, -0.1) is 0 Å². The van der Waals surface area contributed by atoms with E-state index < -0.39 is 0 Å². The Morgan fingerprint density at radius 3 is 3.08 bits per heavy atom. The minimum atomic E-state index is 0.120. The summed E-state index contributed by atoms with van der Waals surface area (Å²) in [6.07, 6.45) is 6.72. The van der Waals surface area contributed by atoms with Crippen molar-refractivity contribution in [2.45, 2.75) is 19.3 Å². The topological polar surface area (TPSA) is 61.9 Å². The van der Waals surface area contributed by atoms with Gasteiger partial charge in [0.2, 0.25) is 0 Å². The molecule has 24 heavy (non-hydrogen) atoms. The van der Waals surface area contributed by atoms with Gasteiger partial charge in [0.15, 0.2) is 0 Å². The van der Waals surface area contributed by atoms with E-state index in [1.165, 1.54) is 0 Å². The highest BCUT2D eigenvalue weighted by Gasteiger charge is 2.25. The standard InChI is InChI=1S/C19H20N4O/c24-19(16-5-6-18-15(12-16)4-1-8-20-18)23-10-2-3-14(13-23)11-17-7-9-21-22-17/h1,4-9,12,14H,2-3,10-11,13H2,(H,21,22)/t14-/m1/s1. The molecule has 0 aliphatic carbocycles. The lowest BCUT2D eigenvalue weighted by Gasteiger charge is -2.32. The molecule has 1 aliphatic heterocycles. The van der Waals surface area contributed by atoms with Gasteiger partial charge in [-0.3, -0.25) is 14.9 Å². The van der Waals surface area contributed by atoms with Crippen LogP contribution in [0.3, 0.4) is 0 Å². The first-order valence-electron chi connectivity index (χ1n) is 8.42. The van der Waals surface area contributed by atoms with Gasteiger partial charge in [-0.2, -0.15) is 5.10 Å². The van der Waals surface area contributed by atoms with Gasteiger partial charge in [0, 0.05) is 42.1 Å². The summed E-state index contributed by atoms with van der Waals surface area (Å²) in [6.45, 7) is 1.65. The van der Waals surface area contributed by atoms with E-state index in [9.17, 15) is 4.79 Å². The van der Waals surface area contributed by atoms with Crippen molar-refractivity contribution in [1.29, 1.82) is 0 Å². The van der Waals surface area contributed by atoms with E-state index in [0.29, 0.717) is 5.92 Å². The summed E-state index contributed by atoms with van der Waals surface area (Å²) in [6, 6.07) is 11.7. The molecule has 1 saturated heterocycles. The fourth-order valence-electron chi connectivity index (χ4n) is 3.52. The number of benzene rings is 1. The molecule has 0 bridgehead atoms. The Morgan fingerprint density at radius 1 is 1.25 bits per heavy atom. The number of hydrogen-bond donors (Lipinski definition) is 1. The number of likely N-dealkylation sites (tertiary alicyclic amines) is 1. The van der Waals surface area contributed by atoms with Crippen LogP contribution >= 0.6 is 0 Å². The quantitative estimate of drug-likeness (QED) is 0.807. The number of rotatable bonds is 3. The molecule has 3 aromatic rings. The molecule has 1 aromatic carbocycles. The van der Waals surface area contributed by atoms with Crippen LogP contribution in [0.4, 0.5) is 0 Å². The summed E-state index contributed by atoms with van der Waals surface area (Å²) < 4.78 is 0. The second-order valence-electron chi connectivity index (χ2n) is 6.46. The number of nitrogens with zero attached hydrogens (tertiary/aromatic N) is 3. The number of hydrogen-bond acceptors (Lipinski definition) is 3.